The van der Waals surface area contributed by atoms with Crippen LogP contribution in [0.25, 0.3) is 0 Å². The molecule has 3 heteroatoms. The molecule has 1 saturated carbocycles. The highest BCUT2D eigenvalue weighted by Crippen LogP contribution is 2.57. The highest BCUT2D eigenvalue weighted by Gasteiger charge is 2.61. The number of carbonyl (C=O) groups excluding carboxylic acids is 1. The van der Waals surface area contributed by atoms with Crippen molar-refractivity contribution < 1.29 is 4.79 Å². The number of anilines is 1. The van der Waals surface area contributed by atoms with E-state index in [1.165, 1.54) is 12.0 Å². The first kappa shape index (κ1) is 14.3. The van der Waals surface area contributed by atoms with Crippen LogP contribution in [0.4, 0.5) is 5.69 Å². The zero-order valence-corrected chi connectivity index (χ0v) is 13.2. The summed E-state index contributed by atoms with van der Waals surface area (Å²) in [6.45, 7) is 0. The Labute approximate surface area is 137 Å². The molecule has 1 atom stereocenters. The van der Waals surface area contributed by atoms with E-state index < -0.39 is 0 Å². The van der Waals surface area contributed by atoms with Gasteiger partial charge in [-0.2, -0.15) is 0 Å². The summed E-state index contributed by atoms with van der Waals surface area (Å²) in [5, 5.41) is 1.84. The SMILES string of the molecule is O=C1N(Nc2ccccc2)[C@H](c2ccccc2)C12CCCCC2. The number of rotatable bonds is 3. The van der Waals surface area contributed by atoms with Crippen molar-refractivity contribution in [3.05, 3.63) is 66.2 Å². The topological polar surface area (TPSA) is 32.3 Å². The van der Waals surface area contributed by atoms with Crippen molar-refractivity contribution in [1.82, 2.24) is 5.01 Å². The first-order valence-electron chi connectivity index (χ1n) is 8.52. The number of carbonyl (C=O) groups is 1. The lowest BCUT2D eigenvalue weighted by molar-refractivity contribution is -0.174. The first-order valence-corrected chi connectivity index (χ1v) is 8.52. The predicted molar refractivity (Wildman–Crippen MR) is 91.6 cm³/mol. The zero-order valence-electron chi connectivity index (χ0n) is 13.2. The Morgan fingerprint density at radius 3 is 2.13 bits per heavy atom. The van der Waals surface area contributed by atoms with Crippen molar-refractivity contribution >= 4 is 11.6 Å². The van der Waals surface area contributed by atoms with Gasteiger partial charge in [0.2, 0.25) is 5.91 Å². The van der Waals surface area contributed by atoms with Crippen molar-refractivity contribution in [3.63, 3.8) is 0 Å². The second-order valence-electron chi connectivity index (χ2n) is 6.68. The lowest BCUT2D eigenvalue weighted by Gasteiger charge is -2.57. The molecule has 1 amide bonds. The maximum atomic E-state index is 13.0. The molecule has 3 nitrogen and oxygen atoms in total. The zero-order chi connectivity index (χ0) is 15.7. The molecule has 1 saturated heterocycles. The first-order chi connectivity index (χ1) is 11.3. The molecule has 2 aliphatic rings. The van der Waals surface area contributed by atoms with Gasteiger partial charge in [0.1, 0.15) is 0 Å². The van der Waals surface area contributed by atoms with Crippen LogP contribution in [0, 0.1) is 5.41 Å². The van der Waals surface area contributed by atoms with Crippen molar-refractivity contribution in [3.8, 4) is 0 Å². The second-order valence-corrected chi connectivity index (χ2v) is 6.68. The third-order valence-electron chi connectivity index (χ3n) is 5.31. The summed E-state index contributed by atoms with van der Waals surface area (Å²) in [5.41, 5.74) is 5.34. The van der Waals surface area contributed by atoms with E-state index in [1.807, 2.05) is 41.4 Å². The number of nitrogens with one attached hydrogen (secondary N) is 1. The fraction of sp³-hybridized carbons (Fsp3) is 0.350. The Hall–Kier alpha value is -2.29. The van der Waals surface area contributed by atoms with Crippen LogP contribution in [0.2, 0.25) is 0 Å². The van der Waals surface area contributed by atoms with Crippen molar-refractivity contribution in [1.29, 1.82) is 0 Å². The van der Waals surface area contributed by atoms with Gasteiger partial charge in [0.25, 0.3) is 0 Å². The summed E-state index contributed by atoms with van der Waals surface area (Å²) in [4.78, 5) is 13.0. The van der Waals surface area contributed by atoms with E-state index in [0.717, 1.165) is 31.4 Å². The summed E-state index contributed by atoms with van der Waals surface area (Å²) in [5.74, 6) is 0.259. The number of hydrazine groups is 1. The Balaban J connectivity index is 1.67. The van der Waals surface area contributed by atoms with E-state index in [4.69, 9.17) is 0 Å². The fourth-order valence-electron chi connectivity index (χ4n) is 4.20. The van der Waals surface area contributed by atoms with Gasteiger partial charge in [-0.1, -0.05) is 67.8 Å². The quantitative estimate of drug-likeness (QED) is 0.844. The summed E-state index contributed by atoms with van der Waals surface area (Å²) in [7, 11) is 0. The molecule has 23 heavy (non-hydrogen) atoms. The van der Waals surface area contributed by atoms with Crippen LogP contribution in [0.1, 0.15) is 43.7 Å². The van der Waals surface area contributed by atoms with E-state index in [9.17, 15) is 4.79 Å². The number of nitrogens with zero attached hydrogens (tertiary/aromatic N) is 1. The van der Waals surface area contributed by atoms with Gasteiger partial charge in [0.05, 0.1) is 17.1 Å². The van der Waals surface area contributed by atoms with Crippen LogP contribution in [0.3, 0.4) is 0 Å². The smallest absolute Gasteiger partial charge is 0.250 e. The lowest BCUT2D eigenvalue weighted by atomic mass is 9.61. The van der Waals surface area contributed by atoms with E-state index in [2.05, 4.69) is 29.7 Å². The van der Waals surface area contributed by atoms with Gasteiger partial charge in [0.15, 0.2) is 0 Å². The van der Waals surface area contributed by atoms with Crippen LogP contribution < -0.4 is 5.43 Å². The third-order valence-corrected chi connectivity index (χ3v) is 5.31. The molecule has 2 aromatic rings. The van der Waals surface area contributed by atoms with Crippen molar-refractivity contribution in [2.75, 3.05) is 5.43 Å². The molecule has 1 N–H and O–H groups in total. The van der Waals surface area contributed by atoms with Crippen LogP contribution in [0.15, 0.2) is 60.7 Å². The maximum Gasteiger partial charge on any atom is 0.250 e. The number of para-hydroxylation sites is 1. The fourth-order valence-corrected chi connectivity index (χ4v) is 4.20. The van der Waals surface area contributed by atoms with Gasteiger partial charge in [-0.05, 0) is 30.5 Å². The Morgan fingerprint density at radius 2 is 1.48 bits per heavy atom. The second kappa shape index (κ2) is 5.73. The molecule has 2 fully saturated rings. The van der Waals surface area contributed by atoms with Gasteiger partial charge in [-0.25, -0.2) is 5.01 Å². The number of hydrogen-bond acceptors (Lipinski definition) is 2. The normalized spacial score (nSPS) is 22.7. The van der Waals surface area contributed by atoms with E-state index in [-0.39, 0.29) is 17.4 Å². The monoisotopic (exact) mass is 306 g/mol. The summed E-state index contributed by atoms with van der Waals surface area (Å²) in [6, 6.07) is 20.6. The number of β-lactam (4-membered cyclic amide) rings is 1. The predicted octanol–water partition coefficient (Wildman–Crippen LogP) is 4.55. The molecule has 0 unspecified atom stereocenters. The highest BCUT2D eigenvalue weighted by molar-refractivity contribution is 5.92. The van der Waals surface area contributed by atoms with Crippen molar-refractivity contribution in [2.24, 2.45) is 5.41 Å². The number of amides is 1. The van der Waals surface area contributed by atoms with Gasteiger partial charge >= 0.3 is 0 Å². The number of hydrogen-bond donors (Lipinski definition) is 1. The highest BCUT2D eigenvalue weighted by atomic mass is 16.2. The Bertz CT molecular complexity index is 677. The minimum Gasteiger partial charge on any atom is -0.295 e. The molecule has 1 aliphatic heterocycles. The van der Waals surface area contributed by atoms with Crippen LogP contribution in [-0.2, 0) is 4.79 Å². The molecule has 0 aromatic heterocycles. The molecular formula is C20H22N2O. The Morgan fingerprint density at radius 1 is 0.870 bits per heavy atom. The lowest BCUT2D eigenvalue weighted by Crippen LogP contribution is -2.65. The average molecular weight is 306 g/mol. The largest absolute Gasteiger partial charge is 0.295 e. The molecule has 0 radical (unpaired) electrons. The van der Waals surface area contributed by atoms with Gasteiger partial charge in [-0.15, -0.1) is 0 Å². The molecule has 2 aromatic carbocycles. The maximum absolute atomic E-state index is 13.0. The molecule has 118 valence electrons. The van der Waals surface area contributed by atoms with Gasteiger partial charge in [-0.3, -0.25) is 10.2 Å². The minimum absolute atomic E-state index is 0.136. The van der Waals surface area contributed by atoms with Crippen LogP contribution in [0.5, 0.6) is 0 Å². The van der Waals surface area contributed by atoms with Crippen molar-refractivity contribution in [2.45, 2.75) is 38.1 Å². The molecule has 1 aliphatic carbocycles. The Kier molecular flexibility index (Phi) is 3.56. The molecule has 4 rings (SSSR count). The summed E-state index contributed by atoms with van der Waals surface area (Å²) >= 11 is 0. The average Bonchev–Trinajstić information content (AvgIpc) is 2.63. The van der Waals surface area contributed by atoms with Crippen LogP contribution in [-0.4, -0.2) is 10.9 Å². The van der Waals surface area contributed by atoms with E-state index >= 15 is 0 Å². The number of benzene rings is 2. The standard InChI is InChI=1S/C20H22N2O/c23-19-20(14-8-3-9-15-20)18(16-10-4-1-5-11-16)22(19)21-17-12-6-2-7-13-17/h1-2,4-7,10-13,18,21H,3,8-9,14-15H2/t18-/m1/s1. The van der Waals surface area contributed by atoms with E-state index in [0.29, 0.717) is 0 Å². The van der Waals surface area contributed by atoms with Gasteiger partial charge in [0, 0.05) is 0 Å². The summed E-state index contributed by atoms with van der Waals surface area (Å²) in [6.07, 6.45) is 5.60. The molecule has 1 spiro atoms. The summed E-state index contributed by atoms with van der Waals surface area (Å²) < 4.78 is 0. The third kappa shape index (κ3) is 2.31. The van der Waals surface area contributed by atoms with Gasteiger partial charge < -0.3 is 0 Å². The molecule has 1 heterocycles. The van der Waals surface area contributed by atoms with E-state index in [1.54, 1.807) is 0 Å². The molecule has 0 bridgehead atoms. The minimum atomic E-state index is -0.193. The molecular weight excluding hydrogens is 284 g/mol. The van der Waals surface area contributed by atoms with Crippen LogP contribution >= 0.6 is 0 Å².